The SMILES string of the molecule is O=CC1(Cc2ccccc2Cl)CCN(C(=O)O)CC1. The molecule has 1 aliphatic rings. The second-order valence-electron chi connectivity index (χ2n) is 5.02. The number of piperidine rings is 1. The standard InChI is InChI=1S/C14H16ClNO3/c15-12-4-2-1-3-11(12)9-14(10-17)5-7-16(8-6-14)13(18)19/h1-4,10H,5-9H2,(H,18,19). The number of carboxylic acid groups (broad SMARTS) is 1. The average Bonchev–Trinajstić information content (AvgIpc) is 2.42. The van der Waals surface area contributed by atoms with Gasteiger partial charge in [-0.2, -0.15) is 0 Å². The first-order valence-corrected chi connectivity index (χ1v) is 6.62. The molecular formula is C14H16ClNO3. The van der Waals surface area contributed by atoms with Crippen LogP contribution in [-0.4, -0.2) is 35.5 Å². The molecule has 1 amide bonds. The minimum absolute atomic E-state index is 0.401. The van der Waals surface area contributed by atoms with Crippen molar-refractivity contribution in [1.82, 2.24) is 4.90 Å². The first-order valence-electron chi connectivity index (χ1n) is 6.24. The van der Waals surface area contributed by atoms with Crippen LogP contribution in [-0.2, 0) is 11.2 Å². The number of carbonyl (C=O) groups excluding carboxylic acids is 1. The molecule has 1 N–H and O–H groups in total. The van der Waals surface area contributed by atoms with E-state index in [2.05, 4.69) is 0 Å². The third-order valence-electron chi connectivity index (χ3n) is 3.78. The molecule has 0 saturated carbocycles. The van der Waals surface area contributed by atoms with Crippen LogP contribution in [0.3, 0.4) is 0 Å². The summed E-state index contributed by atoms with van der Waals surface area (Å²) in [6, 6.07) is 7.47. The summed E-state index contributed by atoms with van der Waals surface area (Å²) in [5.41, 5.74) is 0.455. The van der Waals surface area contributed by atoms with Gasteiger partial charge in [0.1, 0.15) is 6.29 Å². The summed E-state index contributed by atoms with van der Waals surface area (Å²) in [5, 5.41) is 9.59. The minimum Gasteiger partial charge on any atom is -0.465 e. The van der Waals surface area contributed by atoms with Crippen LogP contribution in [0.5, 0.6) is 0 Å². The summed E-state index contributed by atoms with van der Waals surface area (Å²) in [7, 11) is 0. The van der Waals surface area contributed by atoms with Gasteiger partial charge in [0.25, 0.3) is 0 Å². The molecule has 1 aliphatic heterocycles. The maximum Gasteiger partial charge on any atom is 0.407 e. The number of hydrogen-bond acceptors (Lipinski definition) is 2. The normalized spacial score (nSPS) is 18.1. The van der Waals surface area contributed by atoms with Crippen molar-refractivity contribution in [2.45, 2.75) is 19.3 Å². The zero-order valence-electron chi connectivity index (χ0n) is 10.5. The Kier molecular flexibility index (Phi) is 4.10. The van der Waals surface area contributed by atoms with Gasteiger partial charge in [-0.25, -0.2) is 4.79 Å². The van der Waals surface area contributed by atoms with Crippen LogP contribution in [0.4, 0.5) is 4.79 Å². The van der Waals surface area contributed by atoms with Crippen LogP contribution in [0.1, 0.15) is 18.4 Å². The maximum atomic E-state index is 11.5. The lowest BCUT2D eigenvalue weighted by Gasteiger charge is -2.37. The van der Waals surface area contributed by atoms with Gasteiger partial charge in [0.15, 0.2) is 0 Å². The van der Waals surface area contributed by atoms with E-state index in [0.29, 0.717) is 37.4 Å². The molecule has 19 heavy (non-hydrogen) atoms. The van der Waals surface area contributed by atoms with Crippen LogP contribution in [0.15, 0.2) is 24.3 Å². The van der Waals surface area contributed by atoms with Crippen molar-refractivity contribution in [3.05, 3.63) is 34.9 Å². The highest BCUT2D eigenvalue weighted by molar-refractivity contribution is 6.31. The van der Waals surface area contributed by atoms with Crippen molar-refractivity contribution in [3.8, 4) is 0 Å². The molecule has 0 atom stereocenters. The van der Waals surface area contributed by atoms with Gasteiger partial charge in [0.05, 0.1) is 0 Å². The number of aldehydes is 1. The lowest BCUT2D eigenvalue weighted by molar-refractivity contribution is -0.118. The third kappa shape index (κ3) is 3.07. The molecule has 0 radical (unpaired) electrons. The highest BCUT2D eigenvalue weighted by Crippen LogP contribution is 2.35. The number of hydrogen-bond donors (Lipinski definition) is 1. The maximum absolute atomic E-state index is 11.5. The third-order valence-corrected chi connectivity index (χ3v) is 4.15. The molecule has 1 fully saturated rings. The van der Waals surface area contributed by atoms with E-state index < -0.39 is 11.5 Å². The number of halogens is 1. The Morgan fingerprint density at radius 2 is 2.00 bits per heavy atom. The van der Waals surface area contributed by atoms with Gasteiger partial charge in [0, 0.05) is 23.5 Å². The van der Waals surface area contributed by atoms with Gasteiger partial charge in [-0.1, -0.05) is 29.8 Å². The van der Waals surface area contributed by atoms with Crippen molar-refractivity contribution >= 4 is 24.0 Å². The van der Waals surface area contributed by atoms with Gasteiger partial charge in [-0.15, -0.1) is 0 Å². The van der Waals surface area contributed by atoms with Crippen LogP contribution in [0.25, 0.3) is 0 Å². The molecule has 102 valence electrons. The number of rotatable bonds is 3. The lowest BCUT2D eigenvalue weighted by Crippen LogP contribution is -2.44. The molecule has 0 spiro atoms. The van der Waals surface area contributed by atoms with Crippen LogP contribution in [0, 0.1) is 5.41 Å². The van der Waals surface area contributed by atoms with E-state index in [1.807, 2.05) is 24.3 Å². The summed E-state index contributed by atoms with van der Waals surface area (Å²) in [5.74, 6) is 0. The van der Waals surface area contributed by atoms with E-state index in [4.69, 9.17) is 16.7 Å². The highest BCUT2D eigenvalue weighted by atomic mass is 35.5. The second kappa shape index (κ2) is 5.61. The molecule has 4 nitrogen and oxygen atoms in total. The Labute approximate surface area is 117 Å². The molecule has 2 rings (SSSR count). The Balaban J connectivity index is 2.11. The lowest BCUT2D eigenvalue weighted by atomic mass is 9.75. The zero-order chi connectivity index (χ0) is 13.9. The smallest absolute Gasteiger partial charge is 0.407 e. The molecule has 1 heterocycles. The fourth-order valence-corrected chi connectivity index (χ4v) is 2.70. The fraction of sp³-hybridized carbons (Fsp3) is 0.429. The number of nitrogens with zero attached hydrogens (tertiary/aromatic N) is 1. The Morgan fingerprint density at radius 3 is 2.53 bits per heavy atom. The summed E-state index contributed by atoms with van der Waals surface area (Å²) >= 11 is 6.12. The number of carbonyl (C=O) groups is 2. The molecule has 1 saturated heterocycles. The zero-order valence-corrected chi connectivity index (χ0v) is 11.3. The minimum atomic E-state index is -0.919. The molecule has 0 aromatic heterocycles. The van der Waals surface area contributed by atoms with Crippen molar-refractivity contribution in [3.63, 3.8) is 0 Å². The van der Waals surface area contributed by atoms with E-state index in [1.165, 1.54) is 4.90 Å². The second-order valence-corrected chi connectivity index (χ2v) is 5.43. The van der Waals surface area contributed by atoms with Gasteiger partial charge >= 0.3 is 6.09 Å². The van der Waals surface area contributed by atoms with Crippen LogP contribution >= 0.6 is 11.6 Å². The first-order chi connectivity index (χ1) is 9.06. The molecule has 1 aromatic carbocycles. The number of benzene rings is 1. The van der Waals surface area contributed by atoms with E-state index in [-0.39, 0.29) is 0 Å². The van der Waals surface area contributed by atoms with Gasteiger partial charge in [0.2, 0.25) is 0 Å². The summed E-state index contributed by atoms with van der Waals surface area (Å²) in [4.78, 5) is 23.7. The van der Waals surface area contributed by atoms with E-state index in [9.17, 15) is 9.59 Å². The molecule has 0 unspecified atom stereocenters. The molecular weight excluding hydrogens is 266 g/mol. The number of likely N-dealkylation sites (tertiary alicyclic amines) is 1. The molecule has 0 aliphatic carbocycles. The molecule has 0 bridgehead atoms. The topological polar surface area (TPSA) is 57.6 Å². The van der Waals surface area contributed by atoms with E-state index in [1.54, 1.807) is 0 Å². The summed E-state index contributed by atoms with van der Waals surface area (Å²) in [6.07, 6.45) is 1.72. The van der Waals surface area contributed by atoms with Crippen LogP contribution in [0.2, 0.25) is 5.02 Å². The fourth-order valence-electron chi connectivity index (χ4n) is 2.50. The van der Waals surface area contributed by atoms with Crippen molar-refractivity contribution in [1.29, 1.82) is 0 Å². The average molecular weight is 282 g/mol. The summed E-state index contributed by atoms with van der Waals surface area (Å²) in [6.45, 7) is 0.803. The predicted octanol–water partition coefficient (Wildman–Crippen LogP) is 2.84. The molecule has 5 heteroatoms. The van der Waals surface area contributed by atoms with E-state index in [0.717, 1.165) is 11.8 Å². The monoisotopic (exact) mass is 281 g/mol. The van der Waals surface area contributed by atoms with Gasteiger partial charge < -0.3 is 14.8 Å². The Hall–Kier alpha value is -1.55. The predicted molar refractivity (Wildman–Crippen MR) is 72.5 cm³/mol. The molecule has 1 aromatic rings. The summed E-state index contributed by atoms with van der Waals surface area (Å²) < 4.78 is 0. The highest BCUT2D eigenvalue weighted by Gasteiger charge is 2.36. The van der Waals surface area contributed by atoms with Gasteiger partial charge in [-0.05, 0) is 30.9 Å². The number of amides is 1. The first kappa shape index (κ1) is 13.9. The van der Waals surface area contributed by atoms with Crippen LogP contribution < -0.4 is 0 Å². The van der Waals surface area contributed by atoms with Crippen molar-refractivity contribution < 1.29 is 14.7 Å². The Morgan fingerprint density at radius 1 is 1.37 bits per heavy atom. The van der Waals surface area contributed by atoms with E-state index >= 15 is 0 Å². The largest absolute Gasteiger partial charge is 0.465 e. The van der Waals surface area contributed by atoms with Crippen molar-refractivity contribution in [2.24, 2.45) is 5.41 Å². The van der Waals surface area contributed by atoms with Gasteiger partial charge in [-0.3, -0.25) is 0 Å². The van der Waals surface area contributed by atoms with Crippen molar-refractivity contribution in [2.75, 3.05) is 13.1 Å². The Bertz CT molecular complexity index is 481. The quantitative estimate of drug-likeness (QED) is 0.867.